The van der Waals surface area contributed by atoms with Crippen molar-refractivity contribution in [1.29, 1.82) is 0 Å². The Bertz CT molecular complexity index is 1070. The minimum Gasteiger partial charge on any atom is -0.355 e. The van der Waals surface area contributed by atoms with Gasteiger partial charge in [0.2, 0.25) is 10.0 Å². The van der Waals surface area contributed by atoms with Crippen LogP contribution in [0.5, 0.6) is 0 Å². The Balaban J connectivity index is 1.81. The summed E-state index contributed by atoms with van der Waals surface area (Å²) in [5.74, 6) is -0.648. The van der Waals surface area contributed by atoms with Crippen LogP contribution in [0, 0.1) is 13.8 Å². The van der Waals surface area contributed by atoms with E-state index in [0.29, 0.717) is 22.7 Å². The first-order chi connectivity index (χ1) is 14.7. The summed E-state index contributed by atoms with van der Waals surface area (Å²) in [7, 11) is -2.05. The number of carbonyl (C=O) groups excluding carboxylic acids is 2. The molecule has 2 heterocycles. The molecule has 0 bridgehead atoms. The fourth-order valence-electron chi connectivity index (χ4n) is 3.90. The second-order valence-corrected chi connectivity index (χ2v) is 10.8. The lowest BCUT2D eigenvalue weighted by Gasteiger charge is -2.34. The highest BCUT2D eigenvalue weighted by Crippen LogP contribution is 2.33. The van der Waals surface area contributed by atoms with E-state index in [1.807, 2.05) is 20.8 Å². The first-order valence-corrected chi connectivity index (χ1v) is 12.7. The van der Waals surface area contributed by atoms with Gasteiger partial charge in [-0.05, 0) is 62.9 Å². The summed E-state index contributed by atoms with van der Waals surface area (Å²) < 4.78 is 27.8. The van der Waals surface area contributed by atoms with Crippen LogP contribution < -0.4 is 10.6 Å². The first kappa shape index (κ1) is 23.4. The molecule has 168 valence electrons. The molecule has 1 atom stereocenters. The van der Waals surface area contributed by atoms with Gasteiger partial charge in [0, 0.05) is 30.1 Å². The van der Waals surface area contributed by atoms with Crippen LogP contribution in [0.15, 0.2) is 29.2 Å². The van der Waals surface area contributed by atoms with Gasteiger partial charge in [-0.15, -0.1) is 11.3 Å². The molecule has 3 rings (SSSR count). The molecule has 1 saturated heterocycles. The number of thiophene rings is 1. The maximum Gasteiger partial charge on any atom is 0.256 e. The summed E-state index contributed by atoms with van der Waals surface area (Å²) in [5, 5.41) is 5.88. The number of anilines is 1. The molecule has 2 aromatic rings. The van der Waals surface area contributed by atoms with Crippen molar-refractivity contribution in [3.05, 3.63) is 45.8 Å². The highest BCUT2D eigenvalue weighted by molar-refractivity contribution is 7.89. The topological polar surface area (TPSA) is 95.6 Å². The maximum atomic E-state index is 13.1. The highest BCUT2D eigenvalue weighted by Gasteiger charge is 2.32. The number of nitrogens with zero attached hydrogens (tertiary/aromatic N) is 1. The molecule has 0 spiro atoms. The molecule has 0 unspecified atom stereocenters. The number of piperidine rings is 1. The Hall–Kier alpha value is -2.23. The molecule has 2 amide bonds. The van der Waals surface area contributed by atoms with Gasteiger partial charge in [-0.25, -0.2) is 8.42 Å². The monoisotopic (exact) mass is 463 g/mol. The van der Waals surface area contributed by atoms with Gasteiger partial charge in [0.1, 0.15) is 5.00 Å². The third-order valence-corrected chi connectivity index (χ3v) is 8.92. The lowest BCUT2D eigenvalue weighted by molar-refractivity contribution is 0.0963. The van der Waals surface area contributed by atoms with E-state index in [1.54, 1.807) is 11.4 Å². The van der Waals surface area contributed by atoms with Crippen molar-refractivity contribution in [2.45, 2.75) is 57.4 Å². The fraction of sp³-hybridized carbons (Fsp3) is 0.455. The van der Waals surface area contributed by atoms with E-state index < -0.39 is 10.0 Å². The molecule has 0 aliphatic carbocycles. The molecule has 0 saturated carbocycles. The summed E-state index contributed by atoms with van der Waals surface area (Å²) in [6.45, 7) is 6.28. The zero-order chi connectivity index (χ0) is 22.8. The fourth-order valence-corrected chi connectivity index (χ4v) is 6.72. The zero-order valence-corrected chi connectivity index (χ0v) is 20.0. The van der Waals surface area contributed by atoms with Crippen LogP contribution in [0.1, 0.15) is 63.8 Å². The SMILES string of the molecule is CC[C@@H]1CCCCN1S(=O)(=O)c1ccc(C(=O)Nc2sc(C)c(C)c2C(=O)NC)cc1. The van der Waals surface area contributed by atoms with Crippen molar-refractivity contribution in [1.82, 2.24) is 9.62 Å². The predicted octanol–water partition coefficient (Wildman–Crippen LogP) is 3.93. The second kappa shape index (κ2) is 9.50. The second-order valence-electron chi connectivity index (χ2n) is 7.72. The molecule has 1 aromatic heterocycles. The number of rotatable bonds is 6. The van der Waals surface area contributed by atoms with Gasteiger partial charge in [0.25, 0.3) is 11.8 Å². The number of sulfonamides is 1. The molecule has 1 aliphatic rings. The number of hydrogen-bond acceptors (Lipinski definition) is 5. The van der Waals surface area contributed by atoms with Crippen molar-refractivity contribution < 1.29 is 18.0 Å². The molecule has 1 aromatic carbocycles. The van der Waals surface area contributed by atoms with Crippen molar-refractivity contribution >= 4 is 38.2 Å². The van der Waals surface area contributed by atoms with Gasteiger partial charge in [0.15, 0.2) is 0 Å². The Morgan fingerprint density at radius 2 is 1.81 bits per heavy atom. The van der Waals surface area contributed by atoms with Crippen LogP contribution >= 0.6 is 11.3 Å². The molecular weight excluding hydrogens is 434 g/mol. The number of hydrogen-bond donors (Lipinski definition) is 2. The molecular formula is C22H29N3O4S2. The Labute approximate surface area is 187 Å². The van der Waals surface area contributed by atoms with Crippen LogP contribution in [-0.2, 0) is 10.0 Å². The van der Waals surface area contributed by atoms with Crippen LogP contribution in [0.3, 0.4) is 0 Å². The minimum atomic E-state index is -3.60. The lowest BCUT2D eigenvalue weighted by atomic mass is 10.0. The zero-order valence-electron chi connectivity index (χ0n) is 18.3. The van der Waals surface area contributed by atoms with Gasteiger partial charge in [-0.3, -0.25) is 9.59 Å². The van der Waals surface area contributed by atoms with E-state index in [1.165, 1.54) is 35.6 Å². The summed E-state index contributed by atoms with van der Waals surface area (Å²) in [6, 6.07) is 6.02. The average molecular weight is 464 g/mol. The van der Waals surface area contributed by atoms with Gasteiger partial charge in [0.05, 0.1) is 10.5 Å². The highest BCUT2D eigenvalue weighted by atomic mass is 32.2. The van der Waals surface area contributed by atoms with Crippen LogP contribution in [0.25, 0.3) is 0 Å². The standard InChI is InChI=1S/C22H29N3O4S2/c1-5-17-8-6-7-13-25(17)31(28,29)18-11-9-16(10-12-18)20(26)24-22-19(21(27)23-4)14(2)15(3)30-22/h9-12,17H,5-8,13H2,1-4H3,(H,23,27)(H,24,26)/t17-/m1/s1. The lowest BCUT2D eigenvalue weighted by Crippen LogP contribution is -2.43. The van der Waals surface area contributed by atoms with E-state index in [0.717, 1.165) is 36.1 Å². The maximum absolute atomic E-state index is 13.1. The summed E-state index contributed by atoms with van der Waals surface area (Å²) >= 11 is 1.34. The van der Waals surface area contributed by atoms with Gasteiger partial charge < -0.3 is 10.6 Å². The number of amides is 2. The van der Waals surface area contributed by atoms with Crippen LogP contribution in [0.2, 0.25) is 0 Å². The Kier molecular flexibility index (Phi) is 7.18. The smallest absolute Gasteiger partial charge is 0.256 e. The third kappa shape index (κ3) is 4.68. The van der Waals surface area contributed by atoms with Crippen LogP contribution in [0.4, 0.5) is 5.00 Å². The first-order valence-electron chi connectivity index (χ1n) is 10.5. The molecule has 31 heavy (non-hydrogen) atoms. The van der Waals surface area contributed by atoms with E-state index in [-0.39, 0.29) is 22.8 Å². The average Bonchev–Trinajstić information content (AvgIpc) is 3.06. The predicted molar refractivity (Wildman–Crippen MR) is 123 cm³/mol. The van der Waals surface area contributed by atoms with Crippen molar-refractivity contribution in [2.24, 2.45) is 0 Å². The molecule has 9 heteroatoms. The quantitative estimate of drug-likeness (QED) is 0.678. The third-order valence-electron chi connectivity index (χ3n) is 5.83. The number of nitrogens with one attached hydrogen (secondary N) is 2. The largest absolute Gasteiger partial charge is 0.355 e. The van der Waals surface area contributed by atoms with E-state index in [2.05, 4.69) is 10.6 Å². The van der Waals surface area contributed by atoms with Gasteiger partial charge in [-0.1, -0.05) is 13.3 Å². The molecule has 2 N–H and O–H groups in total. The normalized spacial score (nSPS) is 17.4. The molecule has 0 radical (unpaired) electrons. The Morgan fingerprint density at radius 1 is 1.13 bits per heavy atom. The Morgan fingerprint density at radius 3 is 2.42 bits per heavy atom. The minimum absolute atomic E-state index is 0.0233. The molecule has 1 fully saturated rings. The van der Waals surface area contributed by atoms with Gasteiger partial charge >= 0.3 is 0 Å². The number of carbonyl (C=O) groups is 2. The van der Waals surface area contributed by atoms with Crippen molar-refractivity contribution in [3.63, 3.8) is 0 Å². The van der Waals surface area contributed by atoms with Crippen LogP contribution in [-0.4, -0.2) is 44.2 Å². The van der Waals surface area contributed by atoms with E-state index in [4.69, 9.17) is 0 Å². The molecule has 1 aliphatic heterocycles. The van der Waals surface area contributed by atoms with Crippen molar-refractivity contribution in [3.8, 4) is 0 Å². The summed E-state index contributed by atoms with van der Waals surface area (Å²) in [4.78, 5) is 26.1. The van der Waals surface area contributed by atoms with E-state index >= 15 is 0 Å². The molecule has 7 nitrogen and oxygen atoms in total. The van der Waals surface area contributed by atoms with E-state index in [9.17, 15) is 18.0 Å². The summed E-state index contributed by atoms with van der Waals surface area (Å²) in [5.41, 5.74) is 1.61. The number of aryl methyl sites for hydroxylation is 1. The van der Waals surface area contributed by atoms with Gasteiger partial charge in [-0.2, -0.15) is 4.31 Å². The summed E-state index contributed by atoms with van der Waals surface area (Å²) in [6.07, 6.45) is 3.57. The number of benzene rings is 1. The van der Waals surface area contributed by atoms with Crippen molar-refractivity contribution in [2.75, 3.05) is 18.9 Å².